The maximum absolute atomic E-state index is 12.5. The Morgan fingerprint density at radius 1 is 0.920 bits per heavy atom. The molecule has 0 saturated heterocycles. The first-order valence-electron chi connectivity index (χ1n) is 7.25. The Morgan fingerprint density at radius 2 is 1.16 bits per heavy atom. The minimum absolute atomic E-state index is 0. The first-order chi connectivity index (χ1) is 11.2. The number of pyridine rings is 2. The summed E-state index contributed by atoms with van der Waals surface area (Å²) in [6.07, 6.45) is 6.21. The van der Waals surface area contributed by atoms with Crippen LogP contribution in [-0.4, -0.2) is 28.2 Å². The molecule has 7 nitrogen and oxygen atoms in total. The molecule has 0 radical (unpaired) electrons. The maximum Gasteiger partial charge on any atom is 0.540 e. The zero-order valence-electron chi connectivity index (χ0n) is 15.0. The van der Waals surface area contributed by atoms with Gasteiger partial charge in [0, 0.05) is 70.8 Å². The molecule has 2 aromatic heterocycles. The Bertz CT molecular complexity index is 687. The molecule has 25 heavy (non-hydrogen) atoms. The van der Waals surface area contributed by atoms with E-state index in [-0.39, 0.29) is 12.4 Å². The average Bonchev–Trinajstić information content (AvgIpc) is 2.55. The van der Waals surface area contributed by atoms with Crippen molar-refractivity contribution in [2.45, 2.75) is 6.92 Å². The monoisotopic (exact) mass is 383 g/mol. The molecule has 2 aromatic rings. The molecule has 0 aliphatic heterocycles. The molecular formula is C16H23ClN5O2P. The summed E-state index contributed by atoms with van der Waals surface area (Å²) in [5.74, 6) is 0. The lowest BCUT2D eigenvalue weighted by Gasteiger charge is -2.14. The van der Waals surface area contributed by atoms with Gasteiger partial charge in [0.1, 0.15) is 0 Å². The zero-order chi connectivity index (χ0) is 18.3. The highest BCUT2D eigenvalue weighted by Crippen LogP contribution is 2.23. The van der Waals surface area contributed by atoms with Gasteiger partial charge in [-0.1, -0.05) is 0 Å². The average molecular weight is 384 g/mol. The molecule has 0 aliphatic rings. The summed E-state index contributed by atoms with van der Waals surface area (Å²) in [6.45, 7) is 1.43. The van der Waals surface area contributed by atoms with E-state index in [0.717, 1.165) is 11.4 Å². The van der Waals surface area contributed by atoms with Crippen molar-refractivity contribution in [3.63, 3.8) is 0 Å². The highest BCUT2D eigenvalue weighted by atomic mass is 35.5. The molecule has 0 N–H and O–H groups in total. The second kappa shape index (κ2) is 10.00. The molecular weight excluding hydrogens is 361 g/mol. The summed E-state index contributed by atoms with van der Waals surface area (Å²) in [7, 11) is 3.68. The van der Waals surface area contributed by atoms with E-state index >= 15 is 0 Å². The van der Waals surface area contributed by atoms with Crippen molar-refractivity contribution < 1.29 is 30.5 Å². The van der Waals surface area contributed by atoms with Crippen molar-refractivity contribution >= 4 is 19.0 Å². The van der Waals surface area contributed by atoms with Crippen LogP contribution in [0, 0.1) is 11.3 Å². The van der Waals surface area contributed by atoms with E-state index in [1.807, 2.05) is 38.0 Å². The molecule has 136 valence electrons. The van der Waals surface area contributed by atoms with Crippen molar-refractivity contribution in [3.05, 3.63) is 49.1 Å². The van der Waals surface area contributed by atoms with E-state index in [0.29, 0.717) is 0 Å². The predicted octanol–water partition coefficient (Wildman–Crippen LogP) is -2.21. The highest BCUT2D eigenvalue weighted by molar-refractivity contribution is 7.41. The van der Waals surface area contributed by atoms with Crippen LogP contribution in [0.2, 0.25) is 0 Å². The van der Waals surface area contributed by atoms with Crippen molar-refractivity contribution in [2.75, 3.05) is 38.0 Å². The normalized spacial score (nSPS) is 9.80. The number of hydrogen-bond acceptors (Lipinski definition) is 5. The SMILES string of the molecule is CC#N.CN(C)c1cc[n+](P(=O)([O-])[n+]2ccc(N(C)C)cc2)cc1.[Cl-]. The first-order valence-corrected chi connectivity index (χ1v) is 8.78. The zero-order valence-corrected chi connectivity index (χ0v) is 16.6. The number of anilines is 2. The number of aromatic nitrogens is 2. The molecule has 0 unspecified atom stereocenters. The maximum atomic E-state index is 12.5. The summed E-state index contributed by atoms with van der Waals surface area (Å²) in [5.41, 5.74) is 1.89. The van der Waals surface area contributed by atoms with Crippen molar-refractivity contribution in [1.29, 1.82) is 5.26 Å². The van der Waals surface area contributed by atoms with Crippen LogP contribution in [0.1, 0.15) is 6.92 Å². The van der Waals surface area contributed by atoms with Crippen LogP contribution in [0.5, 0.6) is 0 Å². The fraction of sp³-hybridized carbons (Fsp3) is 0.312. The van der Waals surface area contributed by atoms with E-state index in [1.165, 1.54) is 15.6 Å². The third-order valence-corrected chi connectivity index (χ3v) is 4.91. The standard InChI is InChI=1S/C14H20N4O2P.C2H3N.ClH/c1-15(2)13-5-9-17(10-6-13)21(19,20)18-11-7-14(8-12-18)16(3)4;1-2-3;/h5-12H,1-4H3;1H3;1H/q+1;;/p-1. The van der Waals surface area contributed by atoms with Crippen LogP contribution in [-0.2, 0) is 4.57 Å². The molecule has 0 fully saturated rings. The molecule has 0 spiro atoms. The van der Waals surface area contributed by atoms with Gasteiger partial charge in [-0.25, -0.2) is 0 Å². The fourth-order valence-corrected chi connectivity index (χ4v) is 3.05. The first kappa shape index (κ1) is 22.9. The summed E-state index contributed by atoms with van der Waals surface area (Å²) < 4.78 is 15.0. The second-order valence-corrected chi connectivity index (χ2v) is 7.28. The number of nitrogens with zero attached hydrogens (tertiary/aromatic N) is 5. The fourth-order valence-electron chi connectivity index (χ4n) is 1.87. The van der Waals surface area contributed by atoms with Gasteiger partial charge in [0.25, 0.3) is 0 Å². The topological polar surface area (TPSA) is 78.2 Å². The quantitative estimate of drug-likeness (QED) is 0.560. The molecule has 2 heterocycles. The van der Waals surface area contributed by atoms with Gasteiger partial charge in [-0.15, -0.1) is 8.68 Å². The Morgan fingerprint density at radius 3 is 1.36 bits per heavy atom. The van der Waals surface area contributed by atoms with Crippen LogP contribution < -0.4 is 35.8 Å². The van der Waals surface area contributed by atoms with Gasteiger partial charge < -0.3 is 27.1 Å². The Labute approximate surface area is 155 Å². The van der Waals surface area contributed by atoms with Gasteiger partial charge in [-0.2, -0.15) is 9.83 Å². The van der Waals surface area contributed by atoms with Crippen molar-refractivity contribution in [3.8, 4) is 6.07 Å². The number of hydrogen-bond donors (Lipinski definition) is 0. The molecule has 0 aromatic carbocycles. The number of halogens is 1. The lowest BCUT2D eigenvalue weighted by Crippen LogP contribution is -3.00. The molecule has 0 aliphatic carbocycles. The summed E-state index contributed by atoms with van der Waals surface area (Å²) in [5, 5.41) is 7.32. The van der Waals surface area contributed by atoms with Crippen molar-refractivity contribution in [1.82, 2.24) is 0 Å². The van der Waals surface area contributed by atoms with Gasteiger partial charge >= 0.3 is 7.67 Å². The second-order valence-electron chi connectivity index (χ2n) is 5.38. The Kier molecular flexibility index (Phi) is 9.14. The molecule has 0 bridgehead atoms. The van der Waals surface area contributed by atoms with Gasteiger partial charge in [0.2, 0.25) is 0 Å². The summed E-state index contributed by atoms with van der Waals surface area (Å²) in [4.78, 5) is 16.4. The van der Waals surface area contributed by atoms with Gasteiger partial charge in [-0.3, -0.25) is 0 Å². The van der Waals surface area contributed by atoms with Crippen molar-refractivity contribution in [2.24, 2.45) is 0 Å². The molecule has 0 saturated carbocycles. The van der Waals surface area contributed by atoms with E-state index in [1.54, 1.807) is 55.1 Å². The van der Waals surface area contributed by atoms with Gasteiger partial charge in [-0.05, 0) is 0 Å². The third-order valence-electron chi connectivity index (χ3n) is 3.21. The molecule has 0 atom stereocenters. The van der Waals surface area contributed by atoms with E-state index < -0.39 is 7.67 Å². The molecule has 2 rings (SSSR count). The summed E-state index contributed by atoms with van der Waals surface area (Å²) >= 11 is 0. The molecule has 0 amide bonds. The van der Waals surface area contributed by atoms with Gasteiger partial charge in [0.15, 0.2) is 24.8 Å². The van der Waals surface area contributed by atoms with E-state index in [4.69, 9.17) is 5.26 Å². The van der Waals surface area contributed by atoms with E-state index in [2.05, 4.69) is 0 Å². The Hall–Kier alpha value is -2.13. The van der Waals surface area contributed by atoms with Crippen LogP contribution in [0.3, 0.4) is 0 Å². The largest absolute Gasteiger partial charge is 1.00 e. The smallest absolute Gasteiger partial charge is 0.540 e. The van der Waals surface area contributed by atoms with E-state index in [9.17, 15) is 9.46 Å². The lowest BCUT2D eigenvalue weighted by molar-refractivity contribution is -0.689. The lowest BCUT2D eigenvalue weighted by atomic mass is 10.4. The van der Waals surface area contributed by atoms with Gasteiger partial charge in [0.05, 0.1) is 6.07 Å². The van der Waals surface area contributed by atoms with Crippen LogP contribution in [0.25, 0.3) is 0 Å². The van der Waals surface area contributed by atoms with Crippen LogP contribution >= 0.6 is 7.67 Å². The number of nitriles is 1. The Balaban J connectivity index is 0.00000134. The van der Waals surface area contributed by atoms with Crippen LogP contribution in [0.15, 0.2) is 49.1 Å². The summed E-state index contributed by atoms with van der Waals surface area (Å²) in [6, 6.07) is 8.80. The minimum Gasteiger partial charge on any atom is -1.00 e. The predicted molar refractivity (Wildman–Crippen MR) is 91.6 cm³/mol. The van der Waals surface area contributed by atoms with Crippen LogP contribution in [0.4, 0.5) is 11.4 Å². The highest BCUT2D eigenvalue weighted by Gasteiger charge is 2.31. The number of rotatable bonds is 4. The third kappa shape index (κ3) is 6.02. The molecule has 9 heteroatoms. The minimum atomic E-state index is -3.95.